The van der Waals surface area contributed by atoms with Gasteiger partial charge in [-0.1, -0.05) is 36.4 Å². The van der Waals surface area contributed by atoms with Crippen LogP contribution in [0.1, 0.15) is 28.4 Å². The minimum Gasteiger partial charge on any atom is -0.506 e. The van der Waals surface area contributed by atoms with Crippen molar-refractivity contribution in [2.24, 2.45) is 4.99 Å². The zero-order valence-corrected chi connectivity index (χ0v) is 12.6. The van der Waals surface area contributed by atoms with E-state index in [1.54, 1.807) is 24.3 Å². The number of Topliss-reactive ketones (excluding diaryl/α,β-unsaturated/α-hetero) is 1. The maximum atomic E-state index is 13.0. The first kappa shape index (κ1) is 16.0. The van der Waals surface area contributed by atoms with Crippen molar-refractivity contribution < 1.29 is 23.1 Å². The fourth-order valence-corrected chi connectivity index (χ4v) is 2.65. The molecule has 0 unspecified atom stereocenters. The van der Waals surface area contributed by atoms with E-state index in [9.17, 15) is 23.1 Å². The van der Waals surface area contributed by atoms with Crippen molar-refractivity contribution in [3.63, 3.8) is 0 Å². The lowest BCUT2D eigenvalue weighted by atomic mass is 10.1. The van der Waals surface area contributed by atoms with Gasteiger partial charge in [0, 0.05) is 11.1 Å². The molecule has 1 aliphatic rings. The Balaban J connectivity index is 2.09. The minimum atomic E-state index is -4.56. The molecule has 0 spiro atoms. The fourth-order valence-electron chi connectivity index (χ4n) is 2.65. The average molecular weight is 331 g/mol. The molecule has 0 aromatic heterocycles. The zero-order valence-electron chi connectivity index (χ0n) is 12.6. The number of para-hydroxylation sites is 1. The third kappa shape index (κ3) is 2.60. The highest BCUT2D eigenvalue weighted by atomic mass is 19.4. The number of aliphatic hydroxyl groups is 1. The van der Waals surface area contributed by atoms with Gasteiger partial charge in [0.05, 0.1) is 22.5 Å². The largest absolute Gasteiger partial charge is 0.506 e. The van der Waals surface area contributed by atoms with Gasteiger partial charge in [0.15, 0.2) is 5.78 Å². The van der Waals surface area contributed by atoms with E-state index in [-0.39, 0.29) is 22.7 Å². The summed E-state index contributed by atoms with van der Waals surface area (Å²) in [6.45, 7) is 1.41. The normalized spacial score (nSPS) is 15.0. The predicted octanol–water partition coefficient (Wildman–Crippen LogP) is 4.96. The van der Waals surface area contributed by atoms with Crippen LogP contribution in [0, 0.1) is 0 Å². The molecule has 24 heavy (non-hydrogen) atoms. The van der Waals surface area contributed by atoms with Crippen molar-refractivity contribution in [2.45, 2.75) is 13.1 Å². The van der Waals surface area contributed by atoms with E-state index < -0.39 is 17.5 Å². The van der Waals surface area contributed by atoms with E-state index in [0.29, 0.717) is 11.1 Å². The minimum absolute atomic E-state index is 0.0328. The number of fused-ring (bicyclic) bond motifs is 1. The highest BCUT2D eigenvalue weighted by molar-refractivity contribution is 6.35. The van der Waals surface area contributed by atoms with Crippen molar-refractivity contribution in [3.8, 4) is 0 Å². The zero-order chi connectivity index (χ0) is 17.5. The lowest BCUT2D eigenvalue weighted by Crippen LogP contribution is -2.09. The van der Waals surface area contributed by atoms with Gasteiger partial charge in [-0.25, -0.2) is 0 Å². The van der Waals surface area contributed by atoms with Gasteiger partial charge in [0.1, 0.15) is 5.76 Å². The molecule has 0 bridgehead atoms. The van der Waals surface area contributed by atoms with Crippen molar-refractivity contribution >= 4 is 22.9 Å². The smallest absolute Gasteiger partial charge is 0.418 e. The lowest BCUT2D eigenvalue weighted by molar-refractivity contribution is -0.137. The van der Waals surface area contributed by atoms with Crippen LogP contribution in [0.4, 0.5) is 18.9 Å². The molecule has 0 aliphatic heterocycles. The number of carbonyl (C=O) groups excluding carboxylic acids is 1. The third-order valence-electron chi connectivity index (χ3n) is 3.75. The van der Waals surface area contributed by atoms with Gasteiger partial charge in [-0.15, -0.1) is 0 Å². The number of aliphatic hydroxyl groups excluding tert-OH is 1. The molecular weight excluding hydrogens is 319 g/mol. The molecule has 0 amide bonds. The first-order chi connectivity index (χ1) is 11.3. The summed E-state index contributed by atoms with van der Waals surface area (Å²) in [4.78, 5) is 16.3. The Bertz CT molecular complexity index is 895. The molecule has 1 N–H and O–H groups in total. The second kappa shape index (κ2) is 5.63. The Hall–Kier alpha value is -2.89. The maximum absolute atomic E-state index is 13.0. The van der Waals surface area contributed by atoms with Crippen LogP contribution in [0.3, 0.4) is 0 Å². The Morgan fingerprint density at radius 3 is 2.21 bits per heavy atom. The molecule has 0 saturated heterocycles. The van der Waals surface area contributed by atoms with Crippen LogP contribution < -0.4 is 0 Å². The van der Waals surface area contributed by atoms with E-state index in [0.717, 1.165) is 6.07 Å². The Morgan fingerprint density at radius 1 is 1.00 bits per heavy atom. The van der Waals surface area contributed by atoms with E-state index in [4.69, 9.17) is 0 Å². The second-order valence-corrected chi connectivity index (χ2v) is 5.31. The number of allylic oxidation sites excluding steroid dienone is 1. The average Bonchev–Trinajstić information content (AvgIpc) is 2.79. The Morgan fingerprint density at radius 2 is 1.58 bits per heavy atom. The molecule has 0 heterocycles. The van der Waals surface area contributed by atoms with Gasteiger partial charge in [0.2, 0.25) is 0 Å². The summed E-state index contributed by atoms with van der Waals surface area (Å²) in [5.41, 5.74) is -0.572. The maximum Gasteiger partial charge on any atom is 0.418 e. The number of rotatable bonds is 2. The molecular formula is C18H12F3NO2. The summed E-state index contributed by atoms with van der Waals surface area (Å²) < 4.78 is 39.1. The van der Waals surface area contributed by atoms with Crippen LogP contribution in [-0.4, -0.2) is 16.6 Å². The molecule has 0 fully saturated rings. The number of aliphatic imine (C=N–C) groups is 1. The number of benzene rings is 2. The predicted molar refractivity (Wildman–Crippen MR) is 84.5 cm³/mol. The van der Waals surface area contributed by atoms with Crippen molar-refractivity contribution in [2.75, 3.05) is 0 Å². The molecule has 2 aromatic carbocycles. The van der Waals surface area contributed by atoms with Crippen molar-refractivity contribution in [1.82, 2.24) is 0 Å². The topological polar surface area (TPSA) is 49.7 Å². The highest BCUT2D eigenvalue weighted by Gasteiger charge is 2.34. The number of hydrogen-bond acceptors (Lipinski definition) is 3. The quantitative estimate of drug-likeness (QED) is 0.791. The molecule has 122 valence electrons. The first-order valence-corrected chi connectivity index (χ1v) is 7.10. The second-order valence-electron chi connectivity index (χ2n) is 5.31. The molecule has 6 heteroatoms. The summed E-state index contributed by atoms with van der Waals surface area (Å²) in [6.07, 6.45) is -4.56. The van der Waals surface area contributed by atoms with Crippen LogP contribution in [0.15, 0.2) is 59.1 Å². The van der Waals surface area contributed by atoms with E-state index in [2.05, 4.69) is 4.99 Å². The summed E-state index contributed by atoms with van der Waals surface area (Å²) >= 11 is 0. The number of nitrogens with zero attached hydrogens (tertiary/aromatic N) is 1. The summed E-state index contributed by atoms with van der Waals surface area (Å²) in [6, 6.07) is 11.3. The number of alkyl halides is 3. The molecule has 3 rings (SSSR count). The van der Waals surface area contributed by atoms with Crippen molar-refractivity contribution in [3.05, 3.63) is 70.8 Å². The van der Waals surface area contributed by atoms with Gasteiger partial charge in [-0.2, -0.15) is 13.2 Å². The van der Waals surface area contributed by atoms with Crippen LogP contribution in [0.25, 0.3) is 5.76 Å². The van der Waals surface area contributed by atoms with Gasteiger partial charge in [-0.3, -0.25) is 9.79 Å². The van der Waals surface area contributed by atoms with Crippen LogP contribution in [0.5, 0.6) is 0 Å². The van der Waals surface area contributed by atoms with E-state index in [1.807, 2.05) is 0 Å². The standard InChI is InChI=1S/C18H12F3NO2/c1-10(22-14-9-5-4-8-13(14)18(19,20)21)15-16(23)11-6-2-3-7-12(11)17(15)24/h2-9,23H,1H3. The summed E-state index contributed by atoms with van der Waals surface area (Å²) in [5.74, 6) is -0.713. The van der Waals surface area contributed by atoms with Gasteiger partial charge >= 0.3 is 6.18 Å². The number of ketones is 1. The molecule has 0 saturated carbocycles. The molecule has 2 aromatic rings. The first-order valence-electron chi connectivity index (χ1n) is 7.10. The van der Waals surface area contributed by atoms with E-state index in [1.165, 1.54) is 25.1 Å². The number of halogens is 3. The SMILES string of the molecule is CC(=Nc1ccccc1C(F)(F)F)C1=C(O)c2ccccc2C1=O. The third-order valence-corrected chi connectivity index (χ3v) is 3.75. The van der Waals surface area contributed by atoms with Gasteiger partial charge < -0.3 is 5.11 Å². The monoisotopic (exact) mass is 331 g/mol. The number of carbonyl (C=O) groups is 1. The van der Waals surface area contributed by atoms with Crippen LogP contribution in [0.2, 0.25) is 0 Å². The number of hydrogen-bond donors (Lipinski definition) is 1. The van der Waals surface area contributed by atoms with Crippen molar-refractivity contribution in [1.29, 1.82) is 0 Å². The Labute approximate surface area is 135 Å². The van der Waals surface area contributed by atoms with Gasteiger partial charge in [-0.05, 0) is 19.1 Å². The molecule has 1 aliphatic carbocycles. The lowest BCUT2D eigenvalue weighted by Gasteiger charge is -2.10. The van der Waals surface area contributed by atoms with Gasteiger partial charge in [0.25, 0.3) is 0 Å². The molecule has 3 nitrogen and oxygen atoms in total. The molecule has 0 radical (unpaired) electrons. The van der Waals surface area contributed by atoms with Crippen LogP contribution in [-0.2, 0) is 6.18 Å². The van der Waals surface area contributed by atoms with E-state index >= 15 is 0 Å². The summed E-state index contributed by atoms with van der Waals surface area (Å²) in [7, 11) is 0. The Kier molecular flexibility index (Phi) is 3.75. The fraction of sp³-hybridized carbons (Fsp3) is 0.111. The summed E-state index contributed by atoms with van der Waals surface area (Å²) in [5, 5.41) is 10.2. The highest BCUT2D eigenvalue weighted by Crippen LogP contribution is 2.37. The van der Waals surface area contributed by atoms with Crippen LogP contribution >= 0.6 is 0 Å². The molecule has 0 atom stereocenters.